The van der Waals surface area contributed by atoms with Crippen molar-refractivity contribution in [2.24, 2.45) is 11.3 Å². The van der Waals surface area contributed by atoms with E-state index in [0.717, 1.165) is 37.7 Å². The number of hydrogen-bond acceptors (Lipinski definition) is 5. The summed E-state index contributed by atoms with van der Waals surface area (Å²) in [6.07, 6.45) is 5.08. The van der Waals surface area contributed by atoms with E-state index in [2.05, 4.69) is 13.5 Å². The second-order valence-electron chi connectivity index (χ2n) is 10.0. The largest absolute Gasteiger partial charge is 0.463 e. The zero-order chi connectivity index (χ0) is 21.0. The van der Waals surface area contributed by atoms with Crippen molar-refractivity contribution in [1.29, 1.82) is 0 Å². The first-order valence-electron chi connectivity index (χ1n) is 10.4. The highest BCUT2D eigenvalue weighted by Crippen LogP contribution is 2.68. The van der Waals surface area contributed by atoms with E-state index in [4.69, 9.17) is 21.1 Å². The van der Waals surface area contributed by atoms with Crippen LogP contribution in [0.2, 0.25) is 0 Å². The van der Waals surface area contributed by atoms with Crippen LogP contribution in [0.4, 0.5) is 0 Å². The van der Waals surface area contributed by atoms with E-state index in [1.807, 2.05) is 13.8 Å². The molecule has 5 nitrogen and oxygen atoms in total. The van der Waals surface area contributed by atoms with Gasteiger partial charge in [-0.25, -0.2) is 0 Å². The summed E-state index contributed by atoms with van der Waals surface area (Å²) < 4.78 is 11.6. The number of halogens is 1. The van der Waals surface area contributed by atoms with Gasteiger partial charge >= 0.3 is 5.97 Å². The number of allylic oxidation sites excluding steroid dienone is 1. The van der Waals surface area contributed by atoms with Crippen LogP contribution in [0.25, 0.3) is 0 Å². The molecule has 1 spiro atoms. The number of alkyl halides is 1. The predicted molar refractivity (Wildman–Crippen MR) is 108 cm³/mol. The standard InChI is InChI=1S/C22H35ClO5/c1-14-6-7-17(23)21(26,13-27-15(2)24)12-18-22(28-18)16(19(3,4)25)9-11-20(22,5)10-8-14/h16-18,25-26H,1,6-13H2,2-5H3. The van der Waals surface area contributed by atoms with E-state index in [1.165, 1.54) is 6.92 Å². The Bertz CT molecular complexity index is 643. The van der Waals surface area contributed by atoms with Gasteiger partial charge in [0.2, 0.25) is 0 Å². The lowest BCUT2D eigenvalue weighted by atomic mass is 9.67. The molecule has 1 saturated heterocycles. The minimum Gasteiger partial charge on any atom is -0.463 e. The zero-order valence-electron chi connectivity index (χ0n) is 17.6. The van der Waals surface area contributed by atoms with Crippen LogP contribution >= 0.6 is 11.6 Å². The molecule has 6 unspecified atom stereocenters. The molecule has 2 saturated carbocycles. The lowest BCUT2D eigenvalue weighted by Crippen LogP contribution is -2.49. The highest BCUT2D eigenvalue weighted by Gasteiger charge is 2.75. The average Bonchev–Trinajstić information content (AvgIpc) is 3.19. The third-order valence-corrected chi connectivity index (χ3v) is 8.11. The zero-order valence-corrected chi connectivity index (χ0v) is 18.3. The summed E-state index contributed by atoms with van der Waals surface area (Å²) in [7, 11) is 0. The lowest BCUT2D eigenvalue weighted by Gasteiger charge is -2.38. The number of rotatable bonds is 3. The maximum atomic E-state index is 11.4. The van der Waals surface area contributed by atoms with E-state index < -0.39 is 28.1 Å². The van der Waals surface area contributed by atoms with Crippen molar-refractivity contribution in [2.45, 2.75) is 101 Å². The minimum atomic E-state index is -1.38. The first-order valence-corrected chi connectivity index (χ1v) is 10.8. The van der Waals surface area contributed by atoms with Crippen LogP contribution in [0.5, 0.6) is 0 Å². The summed E-state index contributed by atoms with van der Waals surface area (Å²) in [4.78, 5) is 11.4. The molecule has 0 aromatic carbocycles. The first kappa shape index (κ1) is 22.1. The van der Waals surface area contributed by atoms with Gasteiger partial charge in [0.1, 0.15) is 17.8 Å². The monoisotopic (exact) mass is 414 g/mol. The van der Waals surface area contributed by atoms with Gasteiger partial charge in [0.15, 0.2) is 0 Å². The third-order valence-electron chi connectivity index (χ3n) is 7.49. The summed E-state index contributed by atoms with van der Waals surface area (Å²) in [5.41, 5.74) is -1.73. The van der Waals surface area contributed by atoms with Crippen molar-refractivity contribution in [2.75, 3.05) is 6.61 Å². The van der Waals surface area contributed by atoms with E-state index in [-0.39, 0.29) is 24.0 Å². The third kappa shape index (κ3) is 3.76. The second-order valence-corrected chi connectivity index (χ2v) is 10.6. The highest BCUT2D eigenvalue weighted by molar-refractivity contribution is 6.21. The van der Waals surface area contributed by atoms with Gasteiger partial charge in [-0.15, -0.1) is 11.6 Å². The van der Waals surface area contributed by atoms with Crippen LogP contribution < -0.4 is 0 Å². The number of aliphatic hydroxyl groups is 2. The van der Waals surface area contributed by atoms with Crippen molar-refractivity contribution < 1.29 is 24.5 Å². The summed E-state index contributed by atoms with van der Waals surface area (Å²) in [6.45, 7) is 11.3. The van der Waals surface area contributed by atoms with Gasteiger partial charge in [-0.2, -0.15) is 0 Å². The molecule has 0 radical (unpaired) electrons. The van der Waals surface area contributed by atoms with Gasteiger partial charge in [0, 0.05) is 19.3 Å². The molecule has 0 amide bonds. The predicted octanol–water partition coefficient (Wildman–Crippen LogP) is 3.73. The van der Waals surface area contributed by atoms with Gasteiger partial charge < -0.3 is 19.7 Å². The summed E-state index contributed by atoms with van der Waals surface area (Å²) >= 11 is 6.63. The highest BCUT2D eigenvalue weighted by atomic mass is 35.5. The smallest absolute Gasteiger partial charge is 0.302 e. The molecule has 160 valence electrons. The van der Waals surface area contributed by atoms with Gasteiger partial charge in [-0.3, -0.25) is 4.79 Å². The number of ether oxygens (including phenoxy) is 2. The Kier molecular flexibility index (Phi) is 5.72. The Morgan fingerprint density at radius 3 is 2.64 bits per heavy atom. The van der Waals surface area contributed by atoms with Crippen LogP contribution in [0.3, 0.4) is 0 Å². The molecule has 3 fully saturated rings. The molecule has 2 aliphatic carbocycles. The summed E-state index contributed by atoms with van der Waals surface area (Å²) in [5.74, 6) is -0.460. The quantitative estimate of drug-likeness (QED) is 0.318. The Hall–Kier alpha value is -0.620. The normalized spacial score (nSPS) is 44.2. The number of hydrogen-bond donors (Lipinski definition) is 2. The van der Waals surface area contributed by atoms with Gasteiger partial charge in [0.05, 0.1) is 17.1 Å². The fourth-order valence-electron chi connectivity index (χ4n) is 5.73. The Morgan fingerprint density at radius 1 is 1.36 bits per heavy atom. The molecule has 3 rings (SSSR count). The van der Waals surface area contributed by atoms with Crippen LogP contribution in [0.1, 0.15) is 72.6 Å². The van der Waals surface area contributed by atoms with E-state index in [9.17, 15) is 15.0 Å². The van der Waals surface area contributed by atoms with Crippen molar-refractivity contribution in [3.05, 3.63) is 12.2 Å². The number of carbonyl (C=O) groups is 1. The number of esters is 1. The molecule has 3 aliphatic rings. The van der Waals surface area contributed by atoms with Crippen molar-refractivity contribution in [1.82, 2.24) is 0 Å². The molecule has 0 aromatic rings. The maximum absolute atomic E-state index is 11.4. The van der Waals surface area contributed by atoms with Crippen molar-refractivity contribution in [3.8, 4) is 0 Å². The van der Waals surface area contributed by atoms with E-state index >= 15 is 0 Å². The molecule has 6 atom stereocenters. The topological polar surface area (TPSA) is 79.3 Å². The number of epoxide rings is 1. The molecule has 0 aromatic heterocycles. The maximum Gasteiger partial charge on any atom is 0.302 e. The van der Waals surface area contributed by atoms with Crippen molar-refractivity contribution >= 4 is 17.6 Å². The fraction of sp³-hybridized carbons (Fsp3) is 0.864. The lowest BCUT2D eigenvalue weighted by molar-refractivity contribution is -0.149. The number of carbonyl (C=O) groups excluding carboxylic acids is 1. The van der Waals surface area contributed by atoms with E-state index in [0.29, 0.717) is 12.8 Å². The van der Waals surface area contributed by atoms with Crippen LogP contribution in [-0.4, -0.2) is 51.1 Å². The Balaban J connectivity index is 1.95. The van der Waals surface area contributed by atoms with Crippen LogP contribution in [-0.2, 0) is 14.3 Å². The molecule has 1 aliphatic heterocycles. The molecule has 2 N–H and O–H groups in total. The van der Waals surface area contributed by atoms with Gasteiger partial charge in [0.25, 0.3) is 0 Å². The second kappa shape index (κ2) is 7.26. The SMILES string of the molecule is C=C1CCC(Cl)C(O)(COC(C)=O)CC2OC23C(C(C)(C)O)CCC3(C)CC1. The van der Waals surface area contributed by atoms with Gasteiger partial charge in [-0.1, -0.05) is 19.1 Å². The molecular weight excluding hydrogens is 380 g/mol. The molecule has 0 bridgehead atoms. The fourth-order valence-corrected chi connectivity index (χ4v) is 5.99. The Labute approximate surface area is 173 Å². The molecule has 28 heavy (non-hydrogen) atoms. The van der Waals surface area contributed by atoms with E-state index in [1.54, 1.807) is 0 Å². The first-order chi connectivity index (χ1) is 12.8. The van der Waals surface area contributed by atoms with Crippen LogP contribution in [0, 0.1) is 11.3 Å². The molecular formula is C22H35ClO5. The molecule has 1 heterocycles. The average molecular weight is 415 g/mol. The van der Waals surface area contributed by atoms with Crippen LogP contribution in [0.15, 0.2) is 12.2 Å². The van der Waals surface area contributed by atoms with Crippen molar-refractivity contribution in [3.63, 3.8) is 0 Å². The summed E-state index contributed by atoms with van der Waals surface area (Å²) in [5, 5.41) is 21.7. The molecule has 6 heteroatoms. The summed E-state index contributed by atoms with van der Waals surface area (Å²) in [6, 6.07) is 0. The van der Waals surface area contributed by atoms with Gasteiger partial charge in [-0.05, 0) is 57.8 Å². The minimum absolute atomic E-state index is 0.0178. The Morgan fingerprint density at radius 2 is 2.04 bits per heavy atom.